The highest BCUT2D eigenvalue weighted by molar-refractivity contribution is 5.84. The van der Waals surface area contributed by atoms with Crippen LogP contribution in [0.25, 0.3) is 10.9 Å². The van der Waals surface area contributed by atoms with Gasteiger partial charge in [-0.1, -0.05) is 36.3 Å². The van der Waals surface area contributed by atoms with Crippen LogP contribution in [0.15, 0.2) is 42.1 Å². The molecule has 0 unspecified atom stereocenters. The summed E-state index contributed by atoms with van der Waals surface area (Å²) in [6, 6.07) is 9.77. The first kappa shape index (κ1) is 20.5. The third-order valence-electron chi connectivity index (χ3n) is 8.79. The molecule has 0 saturated carbocycles. The summed E-state index contributed by atoms with van der Waals surface area (Å²) in [5.74, 6) is 1.78. The third-order valence-corrected chi connectivity index (χ3v) is 8.79. The Kier molecular flexibility index (Phi) is 5.37. The first-order valence-corrected chi connectivity index (χ1v) is 13.0. The fourth-order valence-electron chi connectivity index (χ4n) is 7.45. The van der Waals surface area contributed by atoms with Crippen molar-refractivity contribution < 1.29 is 4.79 Å². The van der Waals surface area contributed by atoms with Crippen molar-refractivity contribution >= 4 is 16.8 Å². The van der Waals surface area contributed by atoms with Crippen LogP contribution in [0.3, 0.4) is 0 Å². The zero-order valence-electron chi connectivity index (χ0n) is 19.5. The van der Waals surface area contributed by atoms with Gasteiger partial charge >= 0.3 is 0 Å². The van der Waals surface area contributed by atoms with Crippen LogP contribution >= 0.6 is 0 Å². The van der Waals surface area contributed by atoms with Crippen molar-refractivity contribution in [3.63, 3.8) is 0 Å². The van der Waals surface area contributed by atoms with Gasteiger partial charge in [0.2, 0.25) is 5.91 Å². The van der Waals surface area contributed by atoms with Crippen molar-refractivity contribution in [1.82, 2.24) is 14.4 Å². The van der Waals surface area contributed by atoms with Gasteiger partial charge in [-0.05, 0) is 75.0 Å². The molecule has 3 aliphatic heterocycles. The number of piperidine rings is 3. The van der Waals surface area contributed by atoms with E-state index in [1.54, 1.807) is 5.57 Å². The topological polar surface area (TPSA) is 28.5 Å². The summed E-state index contributed by atoms with van der Waals surface area (Å²) >= 11 is 0. The number of carbonyl (C=O) groups excluding carboxylic acids is 1. The second kappa shape index (κ2) is 8.37. The normalized spacial score (nSPS) is 30.0. The number of hydrogen-bond donors (Lipinski definition) is 0. The molecule has 1 amide bonds. The Balaban J connectivity index is 1.14. The molecule has 2 aromatic rings. The molecule has 0 spiro atoms. The van der Waals surface area contributed by atoms with Gasteiger partial charge in [0.05, 0.1) is 6.04 Å². The fourth-order valence-corrected chi connectivity index (χ4v) is 7.45. The van der Waals surface area contributed by atoms with Crippen molar-refractivity contribution in [3.05, 3.63) is 47.7 Å². The monoisotopic (exact) mass is 431 g/mol. The van der Waals surface area contributed by atoms with Crippen molar-refractivity contribution in [2.75, 3.05) is 19.6 Å². The molecule has 32 heavy (non-hydrogen) atoms. The van der Waals surface area contributed by atoms with Crippen molar-refractivity contribution in [2.24, 2.45) is 18.9 Å². The van der Waals surface area contributed by atoms with E-state index in [1.165, 1.54) is 61.7 Å². The number of amides is 1. The van der Waals surface area contributed by atoms with Crippen LogP contribution in [0.5, 0.6) is 0 Å². The van der Waals surface area contributed by atoms with Gasteiger partial charge in [0, 0.05) is 49.7 Å². The van der Waals surface area contributed by atoms with Gasteiger partial charge in [-0.2, -0.15) is 0 Å². The van der Waals surface area contributed by atoms with Gasteiger partial charge in [-0.3, -0.25) is 9.69 Å². The molecular weight excluding hydrogens is 394 g/mol. The molecular formula is C28H37N3O. The Morgan fingerprint density at radius 1 is 1.12 bits per heavy atom. The lowest BCUT2D eigenvalue weighted by molar-refractivity contribution is -0.136. The van der Waals surface area contributed by atoms with E-state index in [2.05, 4.69) is 58.0 Å². The van der Waals surface area contributed by atoms with Crippen molar-refractivity contribution in [2.45, 2.75) is 69.9 Å². The highest BCUT2D eigenvalue weighted by atomic mass is 16.2. The molecule has 0 radical (unpaired) electrons. The van der Waals surface area contributed by atoms with Crippen LogP contribution in [-0.2, 0) is 18.3 Å². The molecule has 170 valence electrons. The molecule has 3 fully saturated rings. The Bertz CT molecular complexity index is 1040. The third kappa shape index (κ3) is 3.51. The van der Waals surface area contributed by atoms with E-state index in [9.17, 15) is 4.79 Å². The molecule has 3 saturated heterocycles. The second-order valence-electron chi connectivity index (χ2n) is 10.7. The number of para-hydroxylation sites is 1. The average Bonchev–Trinajstić information content (AvgIpc) is 3.14. The maximum Gasteiger partial charge on any atom is 0.223 e. The van der Waals surface area contributed by atoms with Gasteiger partial charge < -0.3 is 9.47 Å². The van der Waals surface area contributed by atoms with E-state index in [-0.39, 0.29) is 0 Å². The zero-order valence-corrected chi connectivity index (χ0v) is 19.5. The Hall–Kier alpha value is -2.07. The molecule has 4 nitrogen and oxygen atoms in total. The molecule has 1 aromatic heterocycles. The first-order chi connectivity index (χ1) is 15.7. The predicted molar refractivity (Wildman–Crippen MR) is 129 cm³/mol. The lowest BCUT2D eigenvalue weighted by Crippen LogP contribution is -2.60. The standard InChI is InChI=1S/C28H37N3O/c1-29-18-21(24-10-2-3-12-26(24)29)8-6-13-27(32)31-15-7-9-20-16-22-17-23(28(20)31)19-30-14-5-4-11-25(22)30/h2-3,10,12,16,18,22-23,25,28H,4-9,11,13-15,17,19H2,1H3/t22-,23+,25+,28-/m0/s1. The summed E-state index contributed by atoms with van der Waals surface area (Å²) in [6.07, 6.45) is 15.3. The average molecular weight is 432 g/mol. The summed E-state index contributed by atoms with van der Waals surface area (Å²) in [5.41, 5.74) is 4.26. The summed E-state index contributed by atoms with van der Waals surface area (Å²) < 4.78 is 2.21. The maximum absolute atomic E-state index is 13.4. The van der Waals surface area contributed by atoms with Gasteiger partial charge in [0.15, 0.2) is 0 Å². The maximum atomic E-state index is 13.4. The lowest BCUT2D eigenvalue weighted by atomic mass is 9.68. The quantitative estimate of drug-likeness (QED) is 0.643. The van der Waals surface area contributed by atoms with E-state index in [4.69, 9.17) is 0 Å². The van der Waals surface area contributed by atoms with Gasteiger partial charge in [0.1, 0.15) is 0 Å². The van der Waals surface area contributed by atoms with Gasteiger partial charge in [-0.15, -0.1) is 0 Å². The van der Waals surface area contributed by atoms with Crippen LogP contribution in [0.2, 0.25) is 0 Å². The smallest absolute Gasteiger partial charge is 0.223 e. The molecule has 0 N–H and O–H groups in total. The van der Waals surface area contributed by atoms with Crippen LogP contribution in [0.4, 0.5) is 0 Å². The molecule has 4 heterocycles. The molecule has 4 aliphatic rings. The summed E-state index contributed by atoms with van der Waals surface area (Å²) in [7, 11) is 2.12. The Morgan fingerprint density at radius 2 is 2.03 bits per heavy atom. The second-order valence-corrected chi connectivity index (χ2v) is 10.7. The number of hydrogen-bond acceptors (Lipinski definition) is 2. The van der Waals surface area contributed by atoms with Crippen LogP contribution in [-0.4, -0.2) is 52.0 Å². The van der Waals surface area contributed by atoms with E-state index >= 15 is 0 Å². The molecule has 1 aliphatic carbocycles. The van der Waals surface area contributed by atoms with Crippen LogP contribution in [0.1, 0.15) is 56.9 Å². The SMILES string of the molecule is Cn1cc(CCCC(=O)N2CCCC3=C[C@H]4C[C@H](CN5CCCC[C@H]45)[C@H]32)c2ccccc21. The van der Waals surface area contributed by atoms with E-state index in [0.29, 0.717) is 24.3 Å². The van der Waals surface area contributed by atoms with Gasteiger partial charge in [0.25, 0.3) is 0 Å². The van der Waals surface area contributed by atoms with Crippen LogP contribution in [0, 0.1) is 11.8 Å². The minimum absolute atomic E-state index is 0.382. The summed E-state index contributed by atoms with van der Waals surface area (Å²) in [5, 5.41) is 1.34. The summed E-state index contributed by atoms with van der Waals surface area (Å²) in [4.78, 5) is 18.5. The highest BCUT2D eigenvalue weighted by Crippen LogP contribution is 2.45. The van der Waals surface area contributed by atoms with Crippen LogP contribution < -0.4 is 0 Å². The number of benzene rings is 1. The van der Waals surface area contributed by atoms with Crippen molar-refractivity contribution in [1.29, 1.82) is 0 Å². The minimum atomic E-state index is 0.382. The Labute approximate surface area is 192 Å². The highest BCUT2D eigenvalue weighted by Gasteiger charge is 2.46. The number of aryl methyl sites for hydroxylation is 2. The van der Waals surface area contributed by atoms with Crippen molar-refractivity contribution in [3.8, 4) is 0 Å². The predicted octanol–water partition coefficient (Wildman–Crippen LogP) is 4.92. The number of fused-ring (bicyclic) bond motifs is 7. The molecule has 1 aromatic carbocycles. The number of carbonyl (C=O) groups is 1. The first-order valence-electron chi connectivity index (χ1n) is 13.0. The molecule has 2 bridgehead atoms. The van der Waals surface area contributed by atoms with E-state index in [0.717, 1.165) is 37.8 Å². The number of nitrogens with zero attached hydrogens (tertiary/aromatic N) is 3. The lowest BCUT2D eigenvalue weighted by Gasteiger charge is -2.54. The fraction of sp³-hybridized carbons (Fsp3) is 0.607. The molecule has 4 heteroatoms. The molecule has 6 rings (SSSR count). The van der Waals surface area contributed by atoms with E-state index in [1.807, 2.05) is 0 Å². The Morgan fingerprint density at radius 3 is 2.97 bits per heavy atom. The molecule has 4 atom stereocenters. The zero-order chi connectivity index (χ0) is 21.7. The van der Waals surface area contributed by atoms with Gasteiger partial charge in [-0.25, -0.2) is 0 Å². The summed E-state index contributed by atoms with van der Waals surface area (Å²) in [6.45, 7) is 3.44. The number of likely N-dealkylation sites (tertiary alicyclic amines) is 1. The number of aromatic nitrogens is 1. The minimum Gasteiger partial charge on any atom is -0.350 e. The largest absolute Gasteiger partial charge is 0.350 e. The van der Waals surface area contributed by atoms with E-state index < -0.39 is 0 Å². The number of rotatable bonds is 4.